The molecular formula is C16H25N5O5S. The molecule has 11 heteroatoms. The number of rotatable bonds is 8. The summed E-state index contributed by atoms with van der Waals surface area (Å²) >= 11 is 0. The lowest BCUT2D eigenvalue weighted by Crippen LogP contribution is -2.38. The predicted octanol–water partition coefficient (Wildman–Crippen LogP) is 0.136. The van der Waals surface area contributed by atoms with Gasteiger partial charge in [-0.05, 0) is 39.1 Å². The molecule has 150 valence electrons. The third-order valence-corrected chi connectivity index (χ3v) is 6.00. The average molecular weight is 399 g/mol. The van der Waals surface area contributed by atoms with Crippen LogP contribution in [0.25, 0.3) is 0 Å². The van der Waals surface area contributed by atoms with Crippen LogP contribution in [0.1, 0.15) is 12.8 Å². The van der Waals surface area contributed by atoms with Crippen LogP contribution in [0.3, 0.4) is 0 Å². The van der Waals surface area contributed by atoms with Gasteiger partial charge in [0.05, 0.1) is 9.82 Å². The molecule has 1 aliphatic rings. The van der Waals surface area contributed by atoms with Crippen LogP contribution in [0.15, 0.2) is 23.1 Å². The Hall–Kier alpha value is -2.24. The van der Waals surface area contributed by atoms with E-state index >= 15 is 0 Å². The summed E-state index contributed by atoms with van der Waals surface area (Å²) in [7, 11) is -0.211. The van der Waals surface area contributed by atoms with E-state index in [1.165, 1.54) is 12.1 Å². The second-order valence-electron chi connectivity index (χ2n) is 6.77. The molecule has 0 atom stereocenters. The van der Waals surface area contributed by atoms with Gasteiger partial charge in [-0.2, -0.15) is 0 Å². The summed E-state index contributed by atoms with van der Waals surface area (Å²) in [6.07, 6.45) is 1.03. The molecule has 1 fully saturated rings. The predicted molar refractivity (Wildman–Crippen MR) is 101 cm³/mol. The van der Waals surface area contributed by atoms with E-state index in [0.717, 1.165) is 6.07 Å². The van der Waals surface area contributed by atoms with Crippen molar-refractivity contribution in [3.8, 4) is 0 Å². The second kappa shape index (κ2) is 8.63. The minimum Gasteiger partial charge on any atom is -0.369 e. The molecule has 10 nitrogen and oxygen atoms in total. The van der Waals surface area contributed by atoms with Crippen LogP contribution in [0.4, 0.5) is 11.4 Å². The van der Waals surface area contributed by atoms with Gasteiger partial charge in [0.25, 0.3) is 5.69 Å². The highest BCUT2D eigenvalue weighted by Gasteiger charge is 2.28. The number of nitrogens with one attached hydrogen (secondary N) is 1. The van der Waals surface area contributed by atoms with E-state index in [1.54, 1.807) is 4.90 Å². The van der Waals surface area contributed by atoms with Crippen molar-refractivity contribution in [2.24, 2.45) is 11.7 Å². The Bertz CT molecular complexity index is 803. The smallest absolute Gasteiger partial charge is 0.293 e. The van der Waals surface area contributed by atoms with Crippen molar-refractivity contribution in [3.05, 3.63) is 28.3 Å². The molecule has 0 radical (unpaired) electrons. The molecule has 2 rings (SSSR count). The zero-order valence-corrected chi connectivity index (χ0v) is 16.2. The van der Waals surface area contributed by atoms with Crippen molar-refractivity contribution in [2.45, 2.75) is 17.7 Å². The zero-order valence-electron chi connectivity index (χ0n) is 15.4. The van der Waals surface area contributed by atoms with Gasteiger partial charge in [0.1, 0.15) is 5.69 Å². The highest BCUT2D eigenvalue weighted by Crippen LogP contribution is 2.33. The molecule has 0 spiro atoms. The van der Waals surface area contributed by atoms with Crippen molar-refractivity contribution in [1.82, 2.24) is 9.62 Å². The van der Waals surface area contributed by atoms with Gasteiger partial charge in [0.15, 0.2) is 0 Å². The monoisotopic (exact) mass is 399 g/mol. The van der Waals surface area contributed by atoms with E-state index in [1.807, 2.05) is 19.0 Å². The summed E-state index contributed by atoms with van der Waals surface area (Å²) in [5.74, 6) is -0.602. The number of likely N-dealkylation sites (N-methyl/N-ethyl adjacent to an activating group) is 1. The highest BCUT2D eigenvalue weighted by molar-refractivity contribution is 7.89. The Balaban J connectivity index is 2.22. The van der Waals surface area contributed by atoms with Crippen LogP contribution in [0.5, 0.6) is 0 Å². The van der Waals surface area contributed by atoms with E-state index in [-0.39, 0.29) is 29.0 Å². The van der Waals surface area contributed by atoms with Crippen molar-refractivity contribution in [1.29, 1.82) is 0 Å². The number of hydrogen-bond acceptors (Lipinski definition) is 7. The number of nitro groups is 1. The Morgan fingerprint density at radius 1 is 1.37 bits per heavy atom. The number of amides is 1. The molecule has 3 N–H and O–H groups in total. The largest absolute Gasteiger partial charge is 0.369 e. The lowest BCUT2D eigenvalue weighted by Gasteiger charge is -2.32. The number of benzene rings is 1. The SMILES string of the molecule is CN(C)CCNS(=O)(=O)c1ccc(N2CCC(C(N)=O)CC2)c([N+](=O)[O-])c1. The molecule has 1 aliphatic heterocycles. The fourth-order valence-corrected chi connectivity index (χ4v) is 4.02. The molecule has 1 saturated heterocycles. The van der Waals surface area contributed by atoms with Crippen molar-refractivity contribution in [3.63, 3.8) is 0 Å². The van der Waals surface area contributed by atoms with Crippen LogP contribution >= 0.6 is 0 Å². The Labute approximate surface area is 158 Å². The number of hydrogen-bond donors (Lipinski definition) is 2. The van der Waals surface area contributed by atoms with Crippen molar-refractivity contribution >= 4 is 27.3 Å². The molecule has 0 aliphatic carbocycles. The molecule has 0 aromatic heterocycles. The summed E-state index contributed by atoms with van der Waals surface area (Å²) in [4.78, 5) is 25.6. The van der Waals surface area contributed by atoms with Crippen LogP contribution in [-0.2, 0) is 14.8 Å². The van der Waals surface area contributed by atoms with Crippen LogP contribution in [0, 0.1) is 16.0 Å². The molecule has 1 aromatic carbocycles. The third kappa shape index (κ3) is 5.37. The summed E-state index contributed by atoms with van der Waals surface area (Å²) in [5, 5.41) is 11.5. The van der Waals surface area contributed by atoms with Gasteiger partial charge in [-0.15, -0.1) is 0 Å². The summed E-state index contributed by atoms with van der Waals surface area (Å²) in [6.45, 7) is 1.60. The molecule has 0 unspecified atom stereocenters. The van der Waals surface area contributed by atoms with E-state index < -0.39 is 14.9 Å². The maximum atomic E-state index is 12.4. The number of nitrogens with zero attached hydrogens (tertiary/aromatic N) is 3. The normalized spacial score (nSPS) is 15.9. The minimum absolute atomic E-state index is 0.149. The number of carbonyl (C=O) groups excluding carboxylic acids is 1. The topological polar surface area (TPSA) is 139 Å². The van der Waals surface area contributed by atoms with Crippen LogP contribution < -0.4 is 15.4 Å². The number of nitro benzene ring substituents is 1. The fraction of sp³-hybridized carbons (Fsp3) is 0.562. The summed E-state index contributed by atoms with van der Waals surface area (Å²) < 4.78 is 27.2. The third-order valence-electron chi connectivity index (χ3n) is 4.54. The van der Waals surface area contributed by atoms with Crippen LogP contribution in [-0.4, -0.2) is 64.4 Å². The first-order valence-corrected chi connectivity index (χ1v) is 10.1. The second-order valence-corrected chi connectivity index (χ2v) is 8.54. The van der Waals surface area contributed by atoms with Gasteiger partial charge < -0.3 is 15.5 Å². The summed E-state index contributed by atoms with van der Waals surface area (Å²) in [5.41, 5.74) is 5.38. The molecule has 1 heterocycles. The van der Waals surface area contributed by atoms with E-state index in [0.29, 0.717) is 38.2 Å². The van der Waals surface area contributed by atoms with Gasteiger partial charge in [0.2, 0.25) is 15.9 Å². The Morgan fingerprint density at radius 3 is 2.52 bits per heavy atom. The van der Waals surface area contributed by atoms with Crippen LogP contribution in [0.2, 0.25) is 0 Å². The van der Waals surface area contributed by atoms with Crippen molar-refractivity contribution < 1.29 is 18.1 Å². The first-order valence-electron chi connectivity index (χ1n) is 8.59. The van der Waals surface area contributed by atoms with E-state index in [4.69, 9.17) is 5.73 Å². The molecule has 0 saturated carbocycles. The highest BCUT2D eigenvalue weighted by atomic mass is 32.2. The Kier molecular flexibility index (Phi) is 6.73. The molecule has 1 amide bonds. The standard InChI is InChI=1S/C16H25N5O5S/c1-19(2)10-7-18-27(25,26)13-3-4-14(15(11-13)21(23)24)20-8-5-12(6-9-20)16(17)22/h3-4,11-12,18H,5-10H2,1-2H3,(H2,17,22). The first kappa shape index (κ1) is 21.1. The maximum Gasteiger partial charge on any atom is 0.293 e. The molecule has 0 bridgehead atoms. The summed E-state index contributed by atoms with van der Waals surface area (Å²) in [6, 6.07) is 3.89. The van der Waals surface area contributed by atoms with Gasteiger partial charge in [-0.3, -0.25) is 14.9 Å². The zero-order chi connectivity index (χ0) is 20.2. The number of primary amides is 1. The minimum atomic E-state index is -3.84. The van der Waals surface area contributed by atoms with E-state index in [2.05, 4.69) is 4.72 Å². The van der Waals surface area contributed by atoms with Gasteiger partial charge in [-0.1, -0.05) is 0 Å². The Morgan fingerprint density at radius 2 is 2.00 bits per heavy atom. The molecular weight excluding hydrogens is 374 g/mol. The number of anilines is 1. The van der Waals surface area contributed by atoms with Gasteiger partial charge in [0, 0.05) is 38.2 Å². The number of carbonyl (C=O) groups is 1. The van der Waals surface area contributed by atoms with Gasteiger partial charge >= 0.3 is 0 Å². The quantitative estimate of drug-likeness (QED) is 0.468. The number of piperidine rings is 1. The lowest BCUT2D eigenvalue weighted by molar-refractivity contribution is -0.384. The number of sulfonamides is 1. The lowest BCUT2D eigenvalue weighted by atomic mass is 9.96. The fourth-order valence-electron chi connectivity index (χ4n) is 2.98. The van der Waals surface area contributed by atoms with Gasteiger partial charge in [-0.25, -0.2) is 13.1 Å². The maximum absolute atomic E-state index is 12.4. The first-order chi connectivity index (χ1) is 12.6. The van der Waals surface area contributed by atoms with E-state index in [9.17, 15) is 23.3 Å². The molecule has 1 aromatic rings. The van der Waals surface area contributed by atoms with Crippen molar-refractivity contribution in [2.75, 3.05) is 45.2 Å². The number of nitrogens with two attached hydrogens (primary N) is 1. The molecule has 27 heavy (non-hydrogen) atoms. The average Bonchev–Trinajstić information content (AvgIpc) is 2.60.